The van der Waals surface area contributed by atoms with Crippen molar-refractivity contribution >= 4 is 11.8 Å². The molecule has 2 saturated carbocycles. The van der Waals surface area contributed by atoms with E-state index in [1.165, 1.54) is 12.8 Å². The third-order valence-electron chi connectivity index (χ3n) is 5.61. The van der Waals surface area contributed by atoms with Gasteiger partial charge in [-0.25, -0.2) is 4.79 Å². The van der Waals surface area contributed by atoms with E-state index in [1.807, 2.05) is 18.2 Å². The Labute approximate surface area is 144 Å². The van der Waals surface area contributed by atoms with Crippen molar-refractivity contribution in [3.05, 3.63) is 35.9 Å². The molecule has 130 valence electrons. The molecule has 0 amide bonds. The summed E-state index contributed by atoms with van der Waals surface area (Å²) in [7, 11) is 0. The maximum absolute atomic E-state index is 13.1. The zero-order chi connectivity index (χ0) is 16.8. The number of carbonyl (C=O) groups excluding carboxylic acids is 2. The van der Waals surface area contributed by atoms with E-state index in [4.69, 9.17) is 4.74 Å². The van der Waals surface area contributed by atoms with Crippen LogP contribution in [0.1, 0.15) is 74.6 Å². The first kappa shape index (κ1) is 17.2. The average Bonchev–Trinajstić information content (AvgIpc) is 2.67. The molecule has 3 nitrogen and oxygen atoms in total. The first-order chi connectivity index (χ1) is 11.8. The normalized spacial score (nSPS) is 21.2. The van der Waals surface area contributed by atoms with E-state index in [9.17, 15) is 9.59 Å². The van der Waals surface area contributed by atoms with Crippen LogP contribution in [0.2, 0.25) is 0 Å². The smallest absolute Gasteiger partial charge is 0.338 e. The Morgan fingerprint density at radius 2 is 1.42 bits per heavy atom. The lowest BCUT2D eigenvalue weighted by atomic mass is 9.77. The maximum Gasteiger partial charge on any atom is 0.338 e. The average molecular weight is 328 g/mol. The van der Waals surface area contributed by atoms with Crippen LogP contribution < -0.4 is 0 Å². The molecule has 0 aliphatic heterocycles. The van der Waals surface area contributed by atoms with Gasteiger partial charge in [-0.3, -0.25) is 4.79 Å². The predicted molar refractivity (Wildman–Crippen MR) is 93.8 cm³/mol. The molecule has 1 atom stereocenters. The second kappa shape index (κ2) is 8.46. The Morgan fingerprint density at radius 1 is 0.833 bits per heavy atom. The standard InChI is InChI=1S/C21H28O3/c22-19(16-10-4-1-5-11-16)20(17-12-6-2-7-13-17)24-21(23)18-14-8-3-9-15-18/h3,8-9,14-17,20H,1-2,4-7,10-13H2. The van der Waals surface area contributed by atoms with Gasteiger partial charge in [0.15, 0.2) is 11.9 Å². The summed E-state index contributed by atoms with van der Waals surface area (Å²) in [6.45, 7) is 0. The van der Waals surface area contributed by atoms with Crippen molar-refractivity contribution in [2.24, 2.45) is 11.8 Å². The second-order valence-corrected chi connectivity index (χ2v) is 7.33. The van der Waals surface area contributed by atoms with E-state index >= 15 is 0 Å². The Morgan fingerprint density at radius 3 is 2.04 bits per heavy atom. The van der Waals surface area contributed by atoms with Gasteiger partial charge >= 0.3 is 5.97 Å². The summed E-state index contributed by atoms with van der Waals surface area (Å²) in [6.07, 6.45) is 10.4. The maximum atomic E-state index is 13.1. The van der Waals surface area contributed by atoms with Crippen LogP contribution in [-0.4, -0.2) is 17.9 Å². The summed E-state index contributed by atoms with van der Waals surface area (Å²) in [5, 5.41) is 0. The van der Waals surface area contributed by atoms with Gasteiger partial charge in [0.1, 0.15) is 0 Å². The van der Waals surface area contributed by atoms with Crippen LogP contribution in [-0.2, 0) is 9.53 Å². The summed E-state index contributed by atoms with van der Waals surface area (Å²) in [5.74, 6) is 0.135. The van der Waals surface area contributed by atoms with Crippen LogP contribution in [0.25, 0.3) is 0 Å². The molecular weight excluding hydrogens is 300 g/mol. The highest BCUT2D eigenvalue weighted by molar-refractivity contribution is 5.93. The minimum absolute atomic E-state index is 0.0919. The molecule has 1 aromatic carbocycles. The number of Topliss-reactive ketones (excluding diaryl/α,β-unsaturated/α-hetero) is 1. The van der Waals surface area contributed by atoms with Gasteiger partial charge in [0.05, 0.1) is 5.56 Å². The van der Waals surface area contributed by atoms with Crippen LogP contribution in [0.4, 0.5) is 0 Å². The number of rotatable bonds is 5. The van der Waals surface area contributed by atoms with Crippen molar-refractivity contribution in [3.63, 3.8) is 0 Å². The van der Waals surface area contributed by atoms with E-state index in [0.717, 1.165) is 51.4 Å². The third-order valence-corrected chi connectivity index (χ3v) is 5.61. The molecular formula is C21H28O3. The highest BCUT2D eigenvalue weighted by Gasteiger charge is 2.37. The van der Waals surface area contributed by atoms with Crippen LogP contribution in [0.3, 0.4) is 0 Å². The monoisotopic (exact) mass is 328 g/mol. The van der Waals surface area contributed by atoms with Crippen molar-refractivity contribution in [3.8, 4) is 0 Å². The lowest BCUT2D eigenvalue weighted by Crippen LogP contribution is -2.40. The number of hydrogen-bond acceptors (Lipinski definition) is 3. The number of ketones is 1. The van der Waals surface area contributed by atoms with E-state index < -0.39 is 6.10 Å². The highest BCUT2D eigenvalue weighted by atomic mass is 16.5. The second-order valence-electron chi connectivity index (χ2n) is 7.33. The first-order valence-corrected chi connectivity index (χ1v) is 9.55. The summed E-state index contributed by atoms with van der Waals surface area (Å²) in [5.41, 5.74) is 0.537. The molecule has 0 radical (unpaired) electrons. The fraction of sp³-hybridized carbons (Fsp3) is 0.619. The predicted octanol–water partition coefficient (Wildman–Crippen LogP) is 4.94. The molecule has 0 saturated heterocycles. The topological polar surface area (TPSA) is 43.4 Å². The van der Waals surface area contributed by atoms with Gasteiger partial charge in [-0.15, -0.1) is 0 Å². The molecule has 24 heavy (non-hydrogen) atoms. The van der Waals surface area contributed by atoms with Crippen LogP contribution in [0.15, 0.2) is 30.3 Å². The molecule has 2 fully saturated rings. The minimum Gasteiger partial charge on any atom is -0.450 e. The zero-order valence-corrected chi connectivity index (χ0v) is 14.4. The number of benzene rings is 1. The van der Waals surface area contributed by atoms with Crippen LogP contribution in [0.5, 0.6) is 0 Å². The minimum atomic E-state index is -0.541. The molecule has 0 heterocycles. The van der Waals surface area contributed by atoms with E-state index in [-0.39, 0.29) is 23.6 Å². The van der Waals surface area contributed by atoms with E-state index in [2.05, 4.69) is 0 Å². The molecule has 2 aliphatic rings. The molecule has 2 aliphatic carbocycles. The highest BCUT2D eigenvalue weighted by Crippen LogP contribution is 2.33. The lowest BCUT2D eigenvalue weighted by Gasteiger charge is -2.32. The zero-order valence-electron chi connectivity index (χ0n) is 14.4. The van der Waals surface area contributed by atoms with Gasteiger partial charge in [-0.1, -0.05) is 56.7 Å². The molecule has 1 unspecified atom stereocenters. The summed E-state index contributed by atoms with van der Waals surface area (Å²) in [6, 6.07) is 9.05. The molecule has 0 spiro atoms. The van der Waals surface area contributed by atoms with Gasteiger partial charge in [0.25, 0.3) is 0 Å². The summed E-state index contributed by atoms with van der Waals surface area (Å²) >= 11 is 0. The Balaban J connectivity index is 1.73. The van der Waals surface area contributed by atoms with Gasteiger partial charge in [-0.2, -0.15) is 0 Å². The SMILES string of the molecule is O=C(OC(C(=O)C1CCCCC1)C1CCCCC1)c1ccccc1. The van der Waals surface area contributed by atoms with Gasteiger partial charge in [-0.05, 0) is 37.8 Å². The van der Waals surface area contributed by atoms with Crippen molar-refractivity contribution in [1.29, 1.82) is 0 Å². The molecule has 1 aromatic rings. The fourth-order valence-electron chi connectivity index (χ4n) is 4.20. The first-order valence-electron chi connectivity index (χ1n) is 9.55. The molecule has 3 heteroatoms. The van der Waals surface area contributed by atoms with Crippen LogP contribution >= 0.6 is 0 Å². The van der Waals surface area contributed by atoms with Gasteiger partial charge in [0.2, 0.25) is 0 Å². The lowest BCUT2D eigenvalue weighted by molar-refractivity contribution is -0.136. The largest absolute Gasteiger partial charge is 0.450 e. The van der Waals surface area contributed by atoms with Crippen molar-refractivity contribution in [2.45, 2.75) is 70.3 Å². The quantitative estimate of drug-likeness (QED) is 0.719. The molecule has 3 rings (SSSR count). The number of esters is 1. The molecule has 0 bridgehead atoms. The molecule has 0 aromatic heterocycles. The Kier molecular flexibility index (Phi) is 6.06. The summed E-state index contributed by atoms with van der Waals surface area (Å²) < 4.78 is 5.80. The Bertz CT molecular complexity index is 539. The van der Waals surface area contributed by atoms with Gasteiger partial charge < -0.3 is 4.74 Å². The Hall–Kier alpha value is -1.64. The van der Waals surface area contributed by atoms with Crippen molar-refractivity contribution in [2.75, 3.05) is 0 Å². The number of hydrogen-bond donors (Lipinski definition) is 0. The van der Waals surface area contributed by atoms with Crippen molar-refractivity contribution in [1.82, 2.24) is 0 Å². The molecule has 0 N–H and O–H groups in total. The fourth-order valence-corrected chi connectivity index (χ4v) is 4.20. The summed E-state index contributed by atoms with van der Waals surface area (Å²) in [4.78, 5) is 25.6. The van der Waals surface area contributed by atoms with Gasteiger partial charge in [0, 0.05) is 11.8 Å². The number of carbonyl (C=O) groups is 2. The van der Waals surface area contributed by atoms with Crippen LogP contribution in [0, 0.1) is 11.8 Å². The van der Waals surface area contributed by atoms with E-state index in [0.29, 0.717) is 5.56 Å². The number of ether oxygens (including phenoxy) is 1. The van der Waals surface area contributed by atoms with Crippen molar-refractivity contribution < 1.29 is 14.3 Å². The van der Waals surface area contributed by atoms with E-state index in [1.54, 1.807) is 12.1 Å². The third kappa shape index (κ3) is 4.25.